The summed E-state index contributed by atoms with van der Waals surface area (Å²) < 4.78 is 7.76. The maximum Gasteiger partial charge on any atom is 0.352 e. The molecular weight excluding hydrogens is 448 g/mol. The molecule has 1 saturated heterocycles. The van der Waals surface area contributed by atoms with E-state index < -0.39 is 5.97 Å². The van der Waals surface area contributed by atoms with Gasteiger partial charge in [-0.1, -0.05) is 35.0 Å². The highest BCUT2D eigenvalue weighted by atomic mass is 35.5. The SMILES string of the molecule is CN1CCC(N)CC1.O=C(O)c1cc2ccccc2n1Cc1cc(-c2ccc(Cl)s2)on1. The Labute approximate surface area is 195 Å². The van der Waals surface area contributed by atoms with Crippen molar-refractivity contribution in [2.24, 2.45) is 5.73 Å². The lowest BCUT2D eigenvalue weighted by Gasteiger charge is -2.25. The third-order valence-corrected chi connectivity index (χ3v) is 6.73. The second kappa shape index (κ2) is 9.87. The number of nitrogens with zero attached hydrogens (tertiary/aromatic N) is 3. The Morgan fingerprint density at radius 1 is 1.25 bits per heavy atom. The van der Waals surface area contributed by atoms with E-state index in [1.54, 1.807) is 16.7 Å². The van der Waals surface area contributed by atoms with E-state index in [1.807, 2.05) is 36.4 Å². The average Bonchev–Trinajstić information content (AvgIpc) is 3.50. The van der Waals surface area contributed by atoms with Gasteiger partial charge in [-0.3, -0.25) is 0 Å². The van der Waals surface area contributed by atoms with E-state index in [1.165, 1.54) is 37.3 Å². The largest absolute Gasteiger partial charge is 0.477 e. The van der Waals surface area contributed by atoms with Gasteiger partial charge in [0.1, 0.15) is 11.4 Å². The quantitative estimate of drug-likeness (QED) is 0.443. The molecule has 1 fully saturated rings. The molecule has 9 heteroatoms. The van der Waals surface area contributed by atoms with Gasteiger partial charge in [0.15, 0.2) is 5.76 Å². The van der Waals surface area contributed by atoms with Gasteiger partial charge in [-0.05, 0) is 57.2 Å². The first-order chi connectivity index (χ1) is 15.4. The maximum absolute atomic E-state index is 11.5. The van der Waals surface area contributed by atoms with Crippen LogP contribution in [0.2, 0.25) is 4.34 Å². The minimum atomic E-state index is -0.972. The third kappa shape index (κ3) is 5.21. The maximum atomic E-state index is 11.5. The third-order valence-electron chi connectivity index (χ3n) is 5.49. The highest BCUT2D eigenvalue weighted by Gasteiger charge is 2.17. The van der Waals surface area contributed by atoms with Crippen molar-refractivity contribution in [3.05, 3.63) is 64.3 Å². The van der Waals surface area contributed by atoms with E-state index in [9.17, 15) is 9.90 Å². The van der Waals surface area contributed by atoms with Gasteiger partial charge in [0.25, 0.3) is 0 Å². The minimum Gasteiger partial charge on any atom is -0.477 e. The number of hydrogen-bond acceptors (Lipinski definition) is 6. The van der Waals surface area contributed by atoms with Crippen LogP contribution in [0.4, 0.5) is 0 Å². The fourth-order valence-corrected chi connectivity index (χ4v) is 4.69. The number of benzene rings is 1. The monoisotopic (exact) mass is 472 g/mol. The summed E-state index contributed by atoms with van der Waals surface area (Å²) >= 11 is 7.34. The number of carbonyl (C=O) groups is 1. The number of aromatic nitrogens is 2. The van der Waals surface area contributed by atoms with Crippen molar-refractivity contribution in [1.29, 1.82) is 0 Å². The zero-order valence-corrected chi connectivity index (χ0v) is 19.3. The molecule has 0 amide bonds. The van der Waals surface area contributed by atoms with Gasteiger partial charge in [0.05, 0.1) is 15.8 Å². The number of likely N-dealkylation sites (tertiary alicyclic amines) is 1. The first kappa shape index (κ1) is 22.5. The molecule has 7 nitrogen and oxygen atoms in total. The molecule has 0 radical (unpaired) electrons. The molecule has 0 unspecified atom stereocenters. The number of fused-ring (bicyclic) bond motifs is 1. The zero-order chi connectivity index (χ0) is 22.7. The van der Waals surface area contributed by atoms with Gasteiger partial charge in [0, 0.05) is 23.0 Å². The van der Waals surface area contributed by atoms with Crippen LogP contribution in [0.5, 0.6) is 0 Å². The Bertz CT molecular complexity index is 1200. The van der Waals surface area contributed by atoms with E-state index in [2.05, 4.69) is 17.1 Å². The fourth-order valence-electron chi connectivity index (χ4n) is 3.70. The van der Waals surface area contributed by atoms with Gasteiger partial charge in [-0.25, -0.2) is 4.79 Å². The Kier molecular flexibility index (Phi) is 6.95. The van der Waals surface area contributed by atoms with Crippen molar-refractivity contribution in [2.75, 3.05) is 20.1 Å². The predicted octanol–water partition coefficient (Wildman–Crippen LogP) is 4.80. The molecule has 0 atom stereocenters. The normalized spacial score (nSPS) is 15.0. The summed E-state index contributed by atoms with van der Waals surface area (Å²) in [5.41, 5.74) is 7.39. The molecule has 3 aromatic heterocycles. The molecule has 0 aliphatic carbocycles. The summed E-state index contributed by atoms with van der Waals surface area (Å²) in [5.74, 6) is -0.352. The number of thiophene rings is 1. The molecule has 1 aliphatic heterocycles. The van der Waals surface area contributed by atoms with Gasteiger partial charge in [-0.15, -0.1) is 11.3 Å². The number of hydrogen-bond donors (Lipinski definition) is 2. The highest BCUT2D eigenvalue weighted by Crippen LogP contribution is 2.31. The second-order valence-electron chi connectivity index (χ2n) is 7.91. The van der Waals surface area contributed by atoms with Crippen molar-refractivity contribution in [1.82, 2.24) is 14.6 Å². The highest BCUT2D eigenvalue weighted by molar-refractivity contribution is 7.19. The average molecular weight is 473 g/mol. The van der Waals surface area contributed by atoms with E-state index >= 15 is 0 Å². The first-order valence-electron chi connectivity index (χ1n) is 10.4. The summed E-state index contributed by atoms with van der Waals surface area (Å²) in [4.78, 5) is 14.7. The molecule has 1 aliphatic rings. The van der Waals surface area contributed by atoms with E-state index in [0.717, 1.165) is 15.8 Å². The van der Waals surface area contributed by atoms with Crippen molar-refractivity contribution in [3.63, 3.8) is 0 Å². The van der Waals surface area contributed by atoms with Gasteiger partial charge in [-0.2, -0.15) is 0 Å². The van der Waals surface area contributed by atoms with Crippen LogP contribution in [-0.2, 0) is 6.54 Å². The molecular formula is C23H25ClN4O3S. The van der Waals surface area contributed by atoms with E-state index in [4.69, 9.17) is 21.9 Å². The summed E-state index contributed by atoms with van der Waals surface area (Å²) in [6, 6.07) is 15.2. The van der Waals surface area contributed by atoms with Crippen LogP contribution in [0.25, 0.3) is 21.5 Å². The number of nitrogens with two attached hydrogens (primary N) is 1. The Balaban J connectivity index is 0.000000260. The van der Waals surface area contributed by atoms with Crippen LogP contribution in [0.1, 0.15) is 29.0 Å². The molecule has 1 aromatic carbocycles. The molecule has 0 bridgehead atoms. The first-order valence-corrected chi connectivity index (χ1v) is 11.6. The van der Waals surface area contributed by atoms with Gasteiger partial charge >= 0.3 is 5.97 Å². The number of carboxylic acid groups (broad SMARTS) is 1. The molecule has 168 valence electrons. The Morgan fingerprint density at radius 2 is 2.00 bits per heavy atom. The second-order valence-corrected chi connectivity index (χ2v) is 9.62. The predicted molar refractivity (Wildman–Crippen MR) is 128 cm³/mol. The molecule has 0 saturated carbocycles. The molecule has 32 heavy (non-hydrogen) atoms. The fraction of sp³-hybridized carbons (Fsp3) is 0.304. The lowest BCUT2D eigenvalue weighted by atomic mass is 10.1. The topological polar surface area (TPSA) is 97.5 Å². The molecule has 0 spiro atoms. The zero-order valence-electron chi connectivity index (χ0n) is 17.7. The van der Waals surface area contributed by atoms with Crippen LogP contribution >= 0.6 is 22.9 Å². The number of rotatable bonds is 4. The summed E-state index contributed by atoms with van der Waals surface area (Å²) in [7, 11) is 2.14. The number of piperidine rings is 1. The molecule has 4 heterocycles. The van der Waals surface area contributed by atoms with E-state index in [-0.39, 0.29) is 5.69 Å². The lowest BCUT2D eigenvalue weighted by molar-refractivity contribution is 0.0686. The van der Waals surface area contributed by atoms with Crippen LogP contribution in [0.3, 0.4) is 0 Å². The summed E-state index contributed by atoms with van der Waals surface area (Å²) in [6.45, 7) is 2.68. The smallest absolute Gasteiger partial charge is 0.352 e. The number of para-hydroxylation sites is 1. The number of carboxylic acids is 1. The standard InChI is InChI=1S/C17H11ClN2O3S.C6H14N2/c18-16-6-5-15(24-16)14-8-11(19-23-14)9-20-12-4-2-1-3-10(12)7-13(20)17(21)22;1-8-4-2-6(7)3-5-8/h1-8H,9H2,(H,21,22);6H,2-5,7H2,1H3. The van der Waals surface area contributed by atoms with Crippen molar-refractivity contribution < 1.29 is 14.4 Å². The Hall–Kier alpha value is -2.65. The van der Waals surface area contributed by atoms with Crippen molar-refractivity contribution in [3.8, 4) is 10.6 Å². The Morgan fingerprint density at radius 3 is 2.66 bits per heavy atom. The minimum absolute atomic E-state index is 0.222. The summed E-state index contributed by atoms with van der Waals surface area (Å²) in [6.07, 6.45) is 2.35. The van der Waals surface area contributed by atoms with Crippen molar-refractivity contribution in [2.45, 2.75) is 25.4 Å². The van der Waals surface area contributed by atoms with Crippen LogP contribution in [0.15, 0.2) is 53.1 Å². The molecule has 5 rings (SSSR count). The van der Waals surface area contributed by atoms with E-state index in [0.29, 0.717) is 28.4 Å². The number of aromatic carboxylic acids is 1. The van der Waals surface area contributed by atoms with Crippen LogP contribution in [-0.4, -0.2) is 51.9 Å². The van der Waals surface area contributed by atoms with Crippen LogP contribution in [0, 0.1) is 0 Å². The molecule has 3 N–H and O–H groups in total. The van der Waals surface area contributed by atoms with Crippen LogP contribution < -0.4 is 5.73 Å². The van der Waals surface area contributed by atoms with Gasteiger partial charge < -0.3 is 24.8 Å². The van der Waals surface area contributed by atoms with Crippen molar-refractivity contribution >= 4 is 39.8 Å². The number of halogens is 1. The lowest BCUT2D eigenvalue weighted by Crippen LogP contribution is -2.37. The molecule has 4 aromatic rings. The summed E-state index contributed by atoms with van der Waals surface area (Å²) in [5, 5.41) is 14.4. The van der Waals surface area contributed by atoms with Gasteiger partial charge in [0.2, 0.25) is 0 Å².